The average Bonchev–Trinajstić information content (AvgIpc) is 3.13. The molecule has 0 spiro atoms. The van der Waals surface area contributed by atoms with Gasteiger partial charge in [0.15, 0.2) is 0 Å². The first-order valence-corrected chi connectivity index (χ1v) is 11.4. The van der Waals surface area contributed by atoms with Crippen LogP contribution in [0.25, 0.3) is 11.0 Å². The second-order valence-corrected chi connectivity index (χ2v) is 9.00. The zero-order valence-electron chi connectivity index (χ0n) is 17.8. The summed E-state index contributed by atoms with van der Waals surface area (Å²) in [7, 11) is -4.07. The summed E-state index contributed by atoms with van der Waals surface area (Å²) in [5.41, 5.74) is 3.11. The molecule has 10 heteroatoms. The number of hydrogen-bond acceptors (Lipinski definition) is 6. The molecule has 1 amide bonds. The van der Waals surface area contributed by atoms with Crippen molar-refractivity contribution in [2.24, 2.45) is 0 Å². The number of imidazole rings is 1. The van der Waals surface area contributed by atoms with Crippen molar-refractivity contribution in [3.63, 3.8) is 0 Å². The topological polar surface area (TPSA) is 121 Å². The average molecular weight is 451 g/mol. The van der Waals surface area contributed by atoms with E-state index in [1.807, 2.05) is 24.3 Å². The minimum atomic E-state index is -4.07. The summed E-state index contributed by atoms with van der Waals surface area (Å²) >= 11 is 0. The summed E-state index contributed by atoms with van der Waals surface area (Å²) in [4.78, 5) is 29.8. The van der Waals surface area contributed by atoms with Crippen molar-refractivity contribution in [1.29, 1.82) is 0 Å². The highest BCUT2D eigenvalue weighted by Gasteiger charge is 2.25. The Morgan fingerprint density at radius 2 is 1.66 bits per heavy atom. The predicted octanol–water partition coefficient (Wildman–Crippen LogP) is 3.32. The van der Waals surface area contributed by atoms with Gasteiger partial charge in [-0.3, -0.25) is 4.79 Å². The van der Waals surface area contributed by atoms with Crippen LogP contribution in [0.2, 0.25) is 0 Å². The molecule has 4 rings (SSSR count). The molecule has 0 atom stereocenters. The third kappa shape index (κ3) is 4.45. The van der Waals surface area contributed by atoms with E-state index in [0.29, 0.717) is 17.2 Å². The van der Waals surface area contributed by atoms with Gasteiger partial charge in [-0.25, -0.2) is 28.1 Å². The first-order chi connectivity index (χ1) is 15.2. The Hall–Kier alpha value is -3.79. The molecule has 2 aromatic heterocycles. The van der Waals surface area contributed by atoms with Gasteiger partial charge in [0, 0.05) is 18.3 Å². The number of benzene rings is 2. The lowest BCUT2D eigenvalue weighted by atomic mass is 10.2. The molecule has 0 saturated heterocycles. The molecule has 0 radical (unpaired) electrons. The second-order valence-electron chi connectivity index (χ2n) is 7.35. The second kappa shape index (κ2) is 8.39. The molecule has 0 bridgehead atoms. The molecular formula is C22H22N6O3S. The molecule has 2 heterocycles. The van der Waals surface area contributed by atoms with Crippen LogP contribution in [0.4, 0.5) is 11.6 Å². The molecule has 0 unspecified atom stereocenters. The van der Waals surface area contributed by atoms with Crippen molar-refractivity contribution in [2.45, 2.75) is 32.2 Å². The molecule has 0 saturated carbocycles. The number of carbonyl (C=O) groups excluding carboxylic acids is 1. The van der Waals surface area contributed by atoms with Crippen molar-refractivity contribution in [3.8, 4) is 0 Å². The lowest BCUT2D eigenvalue weighted by Crippen LogP contribution is -2.30. The number of anilines is 2. The largest absolute Gasteiger partial charge is 0.340 e. The Morgan fingerprint density at radius 1 is 1.00 bits per heavy atom. The predicted molar refractivity (Wildman–Crippen MR) is 122 cm³/mol. The number of para-hydroxylation sites is 3. The number of sulfonamides is 1. The third-order valence-electron chi connectivity index (χ3n) is 4.78. The number of hydrogen-bond donors (Lipinski definition) is 2. The normalized spacial score (nSPS) is 11.5. The van der Waals surface area contributed by atoms with Crippen LogP contribution in [-0.2, 0) is 21.4 Å². The van der Waals surface area contributed by atoms with Gasteiger partial charge in [0.25, 0.3) is 10.0 Å². The standard InChI is InChI=1S/C22H22N6O3S/c1-14-12-15(2)24-22(23-14)27-32(30,31)20-11-7-6-10-19(20)28(16(3)29)13-21-25-17-8-4-5-9-18(17)26-21/h4-12H,13H2,1-3H3,(H,25,26)(H,23,24,27). The number of aromatic amines is 1. The van der Waals surface area contributed by atoms with Crippen molar-refractivity contribution in [1.82, 2.24) is 19.9 Å². The van der Waals surface area contributed by atoms with Gasteiger partial charge in [-0.15, -0.1) is 0 Å². The van der Waals surface area contributed by atoms with Gasteiger partial charge in [-0.05, 0) is 44.2 Å². The smallest absolute Gasteiger partial charge is 0.266 e. The van der Waals surface area contributed by atoms with Gasteiger partial charge in [0.1, 0.15) is 10.7 Å². The fraction of sp³-hybridized carbons (Fsp3) is 0.182. The maximum atomic E-state index is 13.2. The molecule has 0 aliphatic rings. The maximum absolute atomic E-state index is 13.2. The van der Waals surface area contributed by atoms with Crippen LogP contribution < -0.4 is 9.62 Å². The number of aromatic nitrogens is 4. The summed E-state index contributed by atoms with van der Waals surface area (Å²) in [5.74, 6) is 0.193. The van der Waals surface area contributed by atoms with Crippen LogP contribution in [0.5, 0.6) is 0 Å². The minimum Gasteiger partial charge on any atom is -0.340 e. The van der Waals surface area contributed by atoms with Crippen LogP contribution in [0, 0.1) is 13.8 Å². The van der Waals surface area contributed by atoms with Gasteiger partial charge in [0.05, 0.1) is 23.3 Å². The number of nitrogens with zero attached hydrogens (tertiary/aromatic N) is 4. The van der Waals surface area contributed by atoms with Gasteiger partial charge < -0.3 is 9.88 Å². The van der Waals surface area contributed by atoms with Crippen LogP contribution >= 0.6 is 0 Å². The van der Waals surface area contributed by atoms with E-state index in [2.05, 4.69) is 24.7 Å². The highest BCUT2D eigenvalue weighted by atomic mass is 32.2. The highest BCUT2D eigenvalue weighted by Crippen LogP contribution is 2.28. The Bertz CT molecular complexity index is 1360. The van der Waals surface area contributed by atoms with Gasteiger partial charge in [-0.1, -0.05) is 24.3 Å². The van der Waals surface area contributed by atoms with Crippen molar-refractivity contribution < 1.29 is 13.2 Å². The van der Waals surface area contributed by atoms with Crippen molar-refractivity contribution in [2.75, 3.05) is 9.62 Å². The van der Waals surface area contributed by atoms with E-state index in [-0.39, 0.29) is 29.0 Å². The van der Waals surface area contributed by atoms with Crippen molar-refractivity contribution in [3.05, 3.63) is 71.8 Å². The Balaban J connectivity index is 1.71. The van der Waals surface area contributed by atoms with E-state index >= 15 is 0 Å². The summed E-state index contributed by atoms with van der Waals surface area (Å²) in [5, 5.41) is 0. The van der Waals surface area contributed by atoms with Gasteiger partial charge >= 0.3 is 0 Å². The quantitative estimate of drug-likeness (QED) is 0.465. The first-order valence-electron chi connectivity index (χ1n) is 9.89. The number of carbonyl (C=O) groups is 1. The molecular weight excluding hydrogens is 428 g/mol. The molecule has 32 heavy (non-hydrogen) atoms. The summed E-state index contributed by atoms with van der Waals surface area (Å²) in [6, 6.07) is 15.5. The maximum Gasteiger partial charge on any atom is 0.266 e. The summed E-state index contributed by atoms with van der Waals surface area (Å²) in [6.45, 7) is 4.97. The molecule has 9 nitrogen and oxygen atoms in total. The summed E-state index contributed by atoms with van der Waals surface area (Å²) < 4.78 is 28.9. The molecule has 2 N–H and O–H groups in total. The molecule has 0 aliphatic heterocycles. The summed E-state index contributed by atoms with van der Waals surface area (Å²) in [6.07, 6.45) is 0. The first kappa shape index (κ1) is 21.4. The van der Waals surface area contributed by atoms with E-state index in [1.165, 1.54) is 17.9 Å². The fourth-order valence-corrected chi connectivity index (χ4v) is 4.60. The molecule has 0 aliphatic carbocycles. The number of rotatable bonds is 6. The molecule has 4 aromatic rings. The SMILES string of the molecule is CC(=O)N(Cc1nc2ccccc2[nH]1)c1ccccc1S(=O)(=O)Nc1nc(C)cc(C)n1. The Labute approximate surface area is 185 Å². The van der Waals surface area contributed by atoms with E-state index in [1.54, 1.807) is 38.1 Å². The Morgan fingerprint density at radius 3 is 2.34 bits per heavy atom. The Kier molecular flexibility index (Phi) is 5.62. The number of fused-ring (bicyclic) bond motifs is 1. The lowest BCUT2D eigenvalue weighted by molar-refractivity contribution is -0.116. The fourth-order valence-electron chi connectivity index (χ4n) is 3.45. The minimum absolute atomic E-state index is 0.0241. The lowest BCUT2D eigenvalue weighted by Gasteiger charge is -2.23. The number of nitrogens with one attached hydrogen (secondary N) is 2. The number of H-pyrrole nitrogens is 1. The number of aryl methyl sites for hydroxylation is 2. The van der Waals surface area contributed by atoms with Crippen LogP contribution in [-0.4, -0.2) is 34.3 Å². The molecule has 164 valence electrons. The number of amides is 1. The zero-order chi connectivity index (χ0) is 22.9. The van der Waals surface area contributed by atoms with Crippen LogP contribution in [0.3, 0.4) is 0 Å². The molecule has 2 aromatic carbocycles. The van der Waals surface area contributed by atoms with E-state index < -0.39 is 10.0 Å². The van der Waals surface area contributed by atoms with E-state index in [0.717, 1.165) is 11.0 Å². The van der Waals surface area contributed by atoms with E-state index in [9.17, 15) is 13.2 Å². The third-order valence-corrected chi connectivity index (χ3v) is 6.16. The molecule has 0 fully saturated rings. The zero-order valence-corrected chi connectivity index (χ0v) is 18.6. The van der Waals surface area contributed by atoms with Crippen LogP contribution in [0.1, 0.15) is 24.1 Å². The van der Waals surface area contributed by atoms with Gasteiger partial charge in [-0.2, -0.15) is 0 Å². The van der Waals surface area contributed by atoms with Gasteiger partial charge in [0.2, 0.25) is 11.9 Å². The monoisotopic (exact) mass is 450 g/mol. The highest BCUT2D eigenvalue weighted by molar-refractivity contribution is 7.92. The van der Waals surface area contributed by atoms with Crippen molar-refractivity contribution >= 4 is 38.6 Å². The van der Waals surface area contributed by atoms with Crippen LogP contribution in [0.15, 0.2) is 59.5 Å². The van der Waals surface area contributed by atoms with E-state index in [4.69, 9.17) is 0 Å².